The second-order valence-corrected chi connectivity index (χ2v) is 6.10. The largest absolute Gasteiger partial charge is 0.299 e. The predicted molar refractivity (Wildman–Crippen MR) is 58.1 cm³/mol. The highest BCUT2D eigenvalue weighted by Crippen LogP contribution is 2.56. The molecule has 0 N–H and O–H groups in total. The van der Waals surface area contributed by atoms with Gasteiger partial charge in [-0.05, 0) is 30.6 Å². The highest BCUT2D eigenvalue weighted by molar-refractivity contribution is 5.85. The molecule has 0 bridgehead atoms. The first kappa shape index (κ1) is 10.2. The fourth-order valence-corrected chi connectivity index (χ4v) is 3.85. The summed E-state index contributed by atoms with van der Waals surface area (Å²) in [6, 6.07) is 0. The Hall–Kier alpha value is -0.330. The van der Waals surface area contributed by atoms with Gasteiger partial charge in [0.05, 0.1) is 0 Å². The van der Waals surface area contributed by atoms with Gasteiger partial charge in [-0.1, -0.05) is 33.6 Å². The molecule has 0 spiro atoms. The summed E-state index contributed by atoms with van der Waals surface area (Å²) in [4.78, 5) is 11.9. The Morgan fingerprint density at radius 2 is 1.86 bits per heavy atom. The number of rotatable bonds is 0. The zero-order valence-corrected chi connectivity index (χ0v) is 9.73. The Morgan fingerprint density at radius 1 is 1.14 bits per heavy atom. The minimum Gasteiger partial charge on any atom is -0.299 e. The number of ketones is 1. The lowest BCUT2D eigenvalue weighted by atomic mass is 9.51. The summed E-state index contributed by atoms with van der Waals surface area (Å²) < 4.78 is 0. The van der Waals surface area contributed by atoms with Crippen molar-refractivity contribution in [1.29, 1.82) is 0 Å². The van der Waals surface area contributed by atoms with Crippen molar-refractivity contribution in [2.45, 2.75) is 59.3 Å². The molecule has 14 heavy (non-hydrogen) atoms. The van der Waals surface area contributed by atoms with Crippen molar-refractivity contribution in [2.75, 3.05) is 0 Å². The fraction of sp³-hybridized carbons (Fsp3) is 0.923. The van der Waals surface area contributed by atoms with Crippen LogP contribution in [0.2, 0.25) is 0 Å². The minimum atomic E-state index is -0.0482. The van der Waals surface area contributed by atoms with E-state index in [1.807, 2.05) is 0 Å². The van der Waals surface area contributed by atoms with Crippen molar-refractivity contribution in [2.24, 2.45) is 16.7 Å². The van der Waals surface area contributed by atoms with Crippen molar-refractivity contribution in [3.8, 4) is 0 Å². The monoisotopic (exact) mass is 194 g/mol. The molecule has 0 aromatic heterocycles. The summed E-state index contributed by atoms with van der Waals surface area (Å²) in [7, 11) is 0. The van der Waals surface area contributed by atoms with Crippen LogP contribution in [0.3, 0.4) is 0 Å². The molecule has 2 aliphatic carbocycles. The van der Waals surface area contributed by atoms with E-state index in [0.29, 0.717) is 17.1 Å². The molecule has 2 unspecified atom stereocenters. The molecule has 0 aromatic carbocycles. The Balaban J connectivity index is 2.30. The van der Waals surface area contributed by atoms with Crippen LogP contribution in [0.4, 0.5) is 0 Å². The zero-order valence-electron chi connectivity index (χ0n) is 9.73. The summed E-state index contributed by atoms with van der Waals surface area (Å²) in [5, 5.41) is 0. The SMILES string of the molecule is CC12CCCCC1C(C)(C)C(=O)CC2. The Bertz CT molecular complexity index is 254. The van der Waals surface area contributed by atoms with Gasteiger partial charge in [0, 0.05) is 11.8 Å². The second kappa shape index (κ2) is 3.08. The maximum atomic E-state index is 11.9. The Labute approximate surface area is 87.3 Å². The van der Waals surface area contributed by atoms with E-state index >= 15 is 0 Å². The Kier molecular flexibility index (Phi) is 2.24. The van der Waals surface area contributed by atoms with Gasteiger partial charge in [0.2, 0.25) is 0 Å². The van der Waals surface area contributed by atoms with Crippen molar-refractivity contribution in [3.05, 3.63) is 0 Å². The van der Waals surface area contributed by atoms with Gasteiger partial charge in [-0.3, -0.25) is 4.79 Å². The molecule has 2 aliphatic rings. The molecule has 2 rings (SSSR count). The lowest BCUT2D eigenvalue weighted by molar-refractivity contribution is -0.142. The van der Waals surface area contributed by atoms with Gasteiger partial charge >= 0.3 is 0 Å². The average molecular weight is 194 g/mol. The summed E-state index contributed by atoms with van der Waals surface area (Å²) >= 11 is 0. The summed E-state index contributed by atoms with van der Waals surface area (Å²) in [5.41, 5.74) is 0.420. The van der Waals surface area contributed by atoms with E-state index in [1.54, 1.807) is 0 Å². The maximum Gasteiger partial charge on any atom is 0.138 e. The van der Waals surface area contributed by atoms with Crippen molar-refractivity contribution in [1.82, 2.24) is 0 Å². The van der Waals surface area contributed by atoms with E-state index in [0.717, 1.165) is 12.8 Å². The molecule has 2 atom stereocenters. The molecule has 0 radical (unpaired) electrons. The molecule has 0 saturated heterocycles. The molecular formula is C13H22O. The molecule has 0 aromatic rings. The van der Waals surface area contributed by atoms with Gasteiger partial charge in [0.15, 0.2) is 0 Å². The molecule has 2 saturated carbocycles. The number of carbonyl (C=O) groups is 1. The second-order valence-electron chi connectivity index (χ2n) is 6.10. The minimum absolute atomic E-state index is 0.0482. The van der Waals surface area contributed by atoms with Crippen LogP contribution in [-0.2, 0) is 4.79 Å². The smallest absolute Gasteiger partial charge is 0.138 e. The molecule has 0 heterocycles. The van der Waals surface area contributed by atoms with Gasteiger partial charge in [-0.15, -0.1) is 0 Å². The van der Waals surface area contributed by atoms with Crippen LogP contribution in [-0.4, -0.2) is 5.78 Å². The Morgan fingerprint density at radius 3 is 2.57 bits per heavy atom. The van der Waals surface area contributed by atoms with E-state index in [1.165, 1.54) is 25.7 Å². The van der Waals surface area contributed by atoms with Gasteiger partial charge in [-0.25, -0.2) is 0 Å². The highest BCUT2D eigenvalue weighted by Gasteiger charge is 2.51. The van der Waals surface area contributed by atoms with Crippen LogP contribution in [0.15, 0.2) is 0 Å². The third-order valence-electron chi connectivity index (χ3n) is 4.84. The fourth-order valence-electron chi connectivity index (χ4n) is 3.85. The first-order chi connectivity index (χ1) is 6.47. The van der Waals surface area contributed by atoms with E-state index in [-0.39, 0.29) is 5.41 Å². The van der Waals surface area contributed by atoms with E-state index < -0.39 is 0 Å². The molecule has 2 fully saturated rings. The first-order valence-electron chi connectivity index (χ1n) is 6.00. The van der Waals surface area contributed by atoms with Gasteiger partial charge in [0.1, 0.15) is 5.78 Å². The van der Waals surface area contributed by atoms with Crippen LogP contribution in [0.1, 0.15) is 59.3 Å². The molecular weight excluding hydrogens is 172 g/mol. The summed E-state index contributed by atoms with van der Waals surface area (Å²) in [5.74, 6) is 1.15. The third-order valence-corrected chi connectivity index (χ3v) is 4.84. The van der Waals surface area contributed by atoms with Gasteiger partial charge < -0.3 is 0 Å². The topological polar surface area (TPSA) is 17.1 Å². The number of hydrogen-bond acceptors (Lipinski definition) is 1. The molecule has 80 valence electrons. The van der Waals surface area contributed by atoms with Crippen molar-refractivity contribution < 1.29 is 4.79 Å². The van der Waals surface area contributed by atoms with Crippen LogP contribution < -0.4 is 0 Å². The van der Waals surface area contributed by atoms with Gasteiger partial charge in [-0.2, -0.15) is 0 Å². The van der Waals surface area contributed by atoms with E-state index in [9.17, 15) is 4.79 Å². The van der Waals surface area contributed by atoms with Crippen LogP contribution in [0.5, 0.6) is 0 Å². The standard InChI is InChI=1S/C13H22O/c1-12(2)10-6-4-5-8-13(10,3)9-7-11(12)14/h10H,4-9H2,1-3H3. The summed E-state index contributed by atoms with van der Waals surface area (Å²) in [6.07, 6.45) is 7.28. The van der Waals surface area contributed by atoms with E-state index in [4.69, 9.17) is 0 Å². The normalized spacial score (nSPS) is 41.9. The lowest BCUT2D eigenvalue weighted by Crippen LogP contribution is -2.48. The predicted octanol–water partition coefficient (Wildman–Crippen LogP) is 3.57. The van der Waals surface area contributed by atoms with Crippen LogP contribution >= 0.6 is 0 Å². The number of fused-ring (bicyclic) bond motifs is 1. The van der Waals surface area contributed by atoms with E-state index in [2.05, 4.69) is 20.8 Å². The summed E-state index contributed by atoms with van der Waals surface area (Å²) in [6.45, 7) is 6.75. The number of carbonyl (C=O) groups excluding carboxylic acids is 1. The molecule has 1 heteroatoms. The average Bonchev–Trinajstić information content (AvgIpc) is 2.13. The first-order valence-corrected chi connectivity index (χ1v) is 6.00. The molecule has 0 aliphatic heterocycles. The van der Waals surface area contributed by atoms with Crippen LogP contribution in [0, 0.1) is 16.7 Å². The molecule has 1 nitrogen and oxygen atoms in total. The third kappa shape index (κ3) is 1.32. The quantitative estimate of drug-likeness (QED) is 0.576. The van der Waals surface area contributed by atoms with Crippen molar-refractivity contribution in [3.63, 3.8) is 0 Å². The number of hydrogen-bond donors (Lipinski definition) is 0. The van der Waals surface area contributed by atoms with Gasteiger partial charge in [0.25, 0.3) is 0 Å². The number of Topliss-reactive ketones (excluding diaryl/α,β-unsaturated/α-hetero) is 1. The molecule has 0 amide bonds. The van der Waals surface area contributed by atoms with Crippen LogP contribution in [0.25, 0.3) is 0 Å². The maximum absolute atomic E-state index is 11.9. The zero-order chi connectivity index (χ0) is 10.4. The lowest BCUT2D eigenvalue weighted by Gasteiger charge is -2.52. The highest BCUT2D eigenvalue weighted by atomic mass is 16.1. The van der Waals surface area contributed by atoms with Crippen molar-refractivity contribution >= 4 is 5.78 Å².